The Morgan fingerprint density at radius 3 is 2.28 bits per heavy atom. The molecule has 0 bridgehead atoms. The zero-order valence-electron chi connectivity index (χ0n) is 13.9. The highest BCUT2D eigenvalue weighted by atomic mass is 19.3. The number of ether oxygens (including phenoxy) is 1. The number of halogens is 3. The summed E-state index contributed by atoms with van der Waals surface area (Å²) >= 11 is 0. The maximum absolute atomic E-state index is 12.9. The summed E-state index contributed by atoms with van der Waals surface area (Å²) in [5.74, 6) is -0.269. The van der Waals surface area contributed by atoms with Gasteiger partial charge in [0.05, 0.1) is 6.04 Å². The number of nitrogens with one attached hydrogen (secondary N) is 1. The molecule has 1 atom stereocenters. The highest BCUT2D eigenvalue weighted by Crippen LogP contribution is 2.19. The predicted molar refractivity (Wildman–Crippen MR) is 87.9 cm³/mol. The average Bonchev–Trinajstić information content (AvgIpc) is 2.57. The summed E-state index contributed by atoms with van der Waals surface area (Å²) in [5.41, 5.74) is 1.56. The zero-order valence-corrected chi connectivity index (χ0v) is 13.9. The minimum absolute atomic E-state index is 0.0608. The summed E-state index contributed by atoms with van der Waals surface area (Å²) in [4.78, 5) is 13.7. The fourth-order valence-corrected chi connectivity index (χ4v) is 2.25. The van der Waals surface area contributed by atoms with Crippen molar-refractivity contribution in [2.75, 3.05) is 7.05 Å². The van der Waals surface area contributed by atoms with E-state index in [1.165, 1.54) is 29.2 Å². The molecule has 134 valence electrons. The molecule has 0 aliphatic carbocycles. The van der Waals surface area contributed by atoms with Gasteiger partial charge in [0.25, 0.3) is 0 Å². The lowest BCUT2D eigenvalue weighted by molar-refractivity contribution is -0.0498. The van der Waals surface area contributed by atoms with Crippen LogP contribution in [0.4, 0.5) is 18.0 Å². The normalized spacial score (nSPS) is 11.9. The Morgan fingerprint density at radius 2 is 1.72 bits per heavy atom. The van der Waals surface area contributed by atoms with Crippen LogP contribution in [-0.4, -0.2) is 24.6 Å². The Bertz CT molecular complexity index is 690. The molecule has 0 spiro atoms. The molecule has 0 aromatic heterocycles. The van der Waals surface area contributed by atoms with Crippen LogP contribution in [0.15, 0.2) is 48.5 Å². The SMILES string of the molecule is CC(NC(=O)N(C)Cc1ccc(F)cc1)c1ccc(OC(F)F)cc1. The molecule has 0 saturated carbocycles. The maximum Gasteiger partial charge on any atom is 0.387 e. The van der Waals surface area contributed by atoms with Crippen molar-refractivity contribution < 1.29 is 22.7 Å². The lowest BCUT2D eigenvalue weighted by atomic mass is 10.1. The highest BCUT2D eigenvalue weighted by molar-refractivity contribution is 5.74. The van der Waals surface area contributed by atoms with Gasteiger partial charge in [-0.1, -0.05) is 24.3 Å². The molecule has 0 fully saturated rings. The Morgan fingerprint density at radius 1 is 1.12 bits per heavy atom. The highest BCUT2D eigenvalue weighted by Gasteiger charge is 2.14. The van der Waals surface area contributed by atoms with E-state index in [0.717, 1.165) is 11.1 Å². The molecule has 7 heteroatoms. The van der Waals surface area contributed by atoms with E-state index in [9.17, 15) is 18.0 Å². The lowest BCUT2D eigenvalue weighted by Crippen LogP contribution is -2.38. The number of urea groups is 1. The molecule has 0 radical (unpaired) electrons. The first-order valence-electron chi connectivity index (χ1n) is 7.66. The van der Waals surface area contributed by atoms with Crippen molar-refractivity contribution in [2.45, 2.75) is 26.1 Å². The molecule has 0 aliphatic heterocycles. The third-order valence-electron chi connectivity index (χ3n) is 3.62. The number of amides is 2. The zero-order chi connectivity index (χ0) is 18.4. The molecular formula is C18H19F3N2O2. The molecule has 1 unspecified atom stereocenters. The first-order chi connectivity index (χ1) is 11.8. The first-order valence-corrected chi connectivity index (χ1v) is 7.66. The van der Waals surface area contributed by atoms with Crippen LogP contribution in [0, 0.1) is 5.82 Å². The second kappa shape index (κ2) is 8.41. The molecule has 2 amide bonds. The molecule has 2 rings (SSSR count). The van der Waals surface area contributed by atoms with E-state index < -0.39 is 6.61 Å². The summed E-state index contributed by atoms with van der Waals surface area (Å²) < 4.78 is 41.5. The average molecular weight is 352 g/mol. The van der Waals surface area contributed by atoms with E-state index in [4.69, 9.17) is 0 Å². The minimum Gasteiger partial charge on any atom is -0.435 e. The second-order valence-corrected chi connectivity index (χ2v) is 5.60. The van der Waals surface area contributed by atoms with Gasteiger partial charge in [-0.05, 0) is 42.3 Å². The van der Waals surface area contributed by atoms with E-state index in [1.807, 2.05) is 0 Å². The topological polar surface area (TPSA) is 41.6 Å². The van der Waals surface area contributed by atoms with Gasteiger partial charge in [0.15, 0.2) is 0 Å². The summed E-state index contributed by atoms with van der Waals surface area (Å²) in [6, 6.07) is 11.4. The number of hydrogen-bond acceptors (Lipinski definition) is 2. The van der Waals surface area contributed by atoms with E-state index in [1.54, 1.807) is 38.2 Å². The van der Waals surface area contributed by atoms with E-state index >= 15 is 0 Å². The van der Waals surface area contributed by atoms with Crippen molar-refractivity contribution in [3.63, 3.8) is 0 Å². The van der Waals surface area contributed by atoms with Crippen LogP contribution in [0.3, 0.4) is 0 Å². The quantitative estimate of drug-likeness (QED) is 0.841. The van der Waals surface area contributed by atoms with Crippen molar-refractivity contribution in [1.82, 2.24) is 10.2 Å². The fourth-order valence-electron chi connectivity index (χ4n) is 2.25. The third kappa shape index (κ3) is 5.70. The van der Waals surface area contributed by atoms with Gasteiger partial charge in [-0.25, -0.2) is 9.18 Å². The van der Waals surface area contributed by atoms with Crippen LogP contribution in [0.1, 0.15) is 24.1 Å². The third-order valence-corrected chi connectivity index (χ3v) is 3.62. The van der Waals surface area contributed by atoms with Gasteiger partial charge in [0, 0.05) is 13.6 Å². The Hall–Kier alpha value is -2.70. The standard InChI is InChI=1S/C18H19F3N2O2/c1-12(14-5-9-16(10-6-14)25-17(20)21)22-18(24)23(2)11-13-3-7-15(19)8-4-13/h3-10,12,17H,11H2,1-2H3,(H,22,24). The van der Waals surface area contributed by atoms with Crippen LogP contribution in [0.25, 0.3) is 0 Å². The summed E-state index contributed by atoms with van der Waals surface area (Å²) in [6.45, 7) is -0.754. The Labute approximate surface area is 144 Å². The minimum atomic E-state index is -2.87. The fraction of sp³-hybridized carbons (Fsp3) is 0.278. The van der Waals surface area contributed by atoms with Crippen molar-refractivity contribution in [2.24, 2.45) is 0 Å². The van der Waals surface area contributed by atoms with Crippen molar-refractivity contribution in [3.8, 4) is 5.75 Å². The summed E-state index contributed by atoms with van der Waals surface area (Å²) in [5, 5.41) is 2.81. The molecule has 25 heavy (non-hydrogen) atoms. The number of alkyl halides is 2. The van der Waals surface area contributed by atoms with Crippen LogP contribution in [-0.2, 0) is 6.54 Å². The molecule has 0 saturated heterocycles. The van der Waals surface area contributed by atoms with Crippen molar-refractivity contribution >= 4 is 6.03 Å². The molecular weight excluding hydrogens is 333 g/mol. The largest absolute Gasteiger partial charge is 0.435 e. The predicted octanol–water partition coefficient (Wildman–Crippen LogP) is 4.33. The van der Waals surface area contributed by atoms with Gasteiger partial charge >= 0.3 is 12.6 Å². The van der Waals surface area contributed by atoms with Gasteiger partial charge in [0.2, 0.25) is 0 Å². The lowest BCUT2D eigenvalue weighted by Gasteiger charge is -2.22. The number of benzene rings is 2. The van der Waals surface area contributed by atoms with Crippen LogP contribution in [0.2, 0.25) is 0 Å². The number of hydrogen-bond donors (Lipinski definition) is 1. The molecule has 2 aromatic carbocycles. The van der Waals surface area contributed by atoms with Crippen LogP contribution in [0.5, 0.6) is 5.75 Å². The maximum atomic E-state index is 12.9. The van der Waals surface area contributed by atoms with Gasteiger partial charge in [-0.2, -0.15) is 8.78 Å². The number of carbonyl (C=O) groups excluding carboxylic acids is 1. The number of nitrogens with zero attached hydrogens (tertiary/aromatic N) is 1. The van der Waals surface area contributed by atoms with Crippen molar-refractivity contribution in [3.05, 3.63) is 65.5 Å². The van der Waals surface area contributed by atoms with E-state index in [-0.39, 0.29) is 23.6 Å². The van der Waals surface area contributed by atoms with Gasteiger partial charge in [0.1, 0.15) is 11.6 Å². The monoisotopic (exact) mass is 352 g/mol. The van der Waals surface area contributed by atoms with Gasteiger partial charge in [-0.3, -0.25) is 0 Å². The molecule has 1 N–H and O–H groups in total. The van der Waals surface area contributed by atoms with Gasteiger partial charge in [-0.15, -0.1) is 0 Å². The van der Waals surface area contributed by atoms with Crippen LogP contribution >= 0.6 is 0 Å². The second-order valence-electron chi connectivity index (χ2n) is 5.60. The molecule has 0 heterocycles. The molecule has 4 nitrogen and oxygen atoms in total. The Balaban J connectivity index is 1.91. The van der Waals surface area contributed by atoms with Gasteiger partial charge < -0.3 is 15.0 Å². The first kappa shape index (κ1) is 18.6. The van der Waals surface area contributed by atoms with Crippen LogP contribution < -0.4 is 10.1 Å². The summed E-state index contributed by atoms with van der Waals surface area (Å²) in [7, 11) is 1.63. The summed E-state index contributed by atoms with van der Waals surface area (Å²) in [6.07, 6.45) is 0. The number of rotatable bonds is 6. The number of carbonyl (C=O) groups is 1. The Kier molecular flexibility index (Phi) is 6.27. The van der Waals surface area contributed by atoms with E-state index in [0.29, 0.717) is 6.54 Å². The molecule has 0 aliphatic rings. The van der Waals surface area contributed by atoms with Crippen molar-refractivity contribution in [1.29, 1.82) is 0 Å². The van der Waals surface area contributed by atoms with E-state index in [2.05, 4.69) is 10.1 Å². The smallest absolute Gasteiger partial charge is 0.387 e. The molecule has 2 aromatic rings.